The smallest absolute Gasteiger partial charge is 0.263 e. The number of thiophene rings is 1. The van der Waals surface area contributed by atoms with Crippen LogP contribution in [-0.4, -0.2) is 48.9 Å². The summed E-state index contributed by atoms with van der Waals surface area (Å²) >= 11 is 1.53. The number of halogens is 1. The largest absolute Gasteiger partial charge is 0.340 e. The molecule has 1 fully saturated rings. The lowest BCUT2D eigenvalue weighted by Gasteiger charge is -2.28. The van der Waals surface area contributed by atoms with Gasteiger partial charge in [0.1, 0.15) is 5.82 Å². The molecule has 0 spiro atoms. The van der Waals surface area contributed by atoms with Crippen molar-refractivity contribution in [3.05, 3.63) is 59.2 Å². The molecule has 2 aromatic carbocycles. The lowest BCUT2D eigenvalue weighted by atomic mass is 10.0. The first-order valence-corrected chi connectivity index (χ1v) is 10.7. The van der Waals surface area contributed by atoms with E-state index in [1.54, 1.807) is 12.1 Å². The molecule has 28 heavy (non-hydrogen) atoms. The van der Waals surface area contributed by atoms with E-state index in [0.29, 0.717) is 0 Å². The van der Waals surface area contributed by atoms with E-state index in [2.05, 4.69) is 4.90 Å². The van der Waals surface area contributed by atoms with Crippen LogP contribution in [0.5, 0.6) is 0 Å². The molecule has 0 aliphatic carbocycles. The predicted octanol–water partition coefficient (Wildman–Crippen LogP) is 5.27. The number of hydrogen-bond donors (Lipinski definition) is 0. The summed E-state index contributed by atoms with van der Waals surface area (Å²) in [4.78, 5) is 18.0. The van der Waals surface area contributed by atoms with E-state index in [4.69, 9.17) is 0 Å². The van der Waals surface area contributed by atoms with Gasteiger partial charge in [0.2, 0.25) is 0 Å². The van der Waals surface area contributed by atoms with E-state index in [0.717, 1.165) is 52.3 Å². The van der Waals surface area contributed by atoms with Crippen molar-refractivity contribution < 1.29 is 9.18 Å². The molecule has 0 unspecified atom stereocenters. The lowest BCUT2D eigenvalue weighted by Crippen LogP contribution is -2.38. The van der Waals surface area contributed by atoms with Crippen molar-refractivity contribution in [2.24, 2.45) is 0 Å². The Hall–Kier alpha value is -2.24. The van der Waals surface area contributed by atoms with Crippen molar-refractivity contribution in [2.75, 3.05) is 33.2 Å². The maximum atomic E-state index is 13.3. The fourth-order valence-corrected chi connectivity index (χ4v) is 4.89. The molecule has 0 radical (unpaired) electrons. The lowest BCUT2D eigenvalue weighted by molar-refractivity contribution is 0.0777. The second-order valence-corrected chi connectivity index (χ2v) is 8.55. The van der Waals surface area contributed by atoms with Crippen molar-refractivity contribution in [1.29, 1.82) is 0 Å². The van der Waals surface area contributed by atoms with Crippen LogP contribution >= 0.6 is 11.3 Å². The van der Waals surface area contributed by atoms with Gasteiger partial charge in [0.05, 0.1) is 4.88 Å². The molecule has 0 bridgehead atoms. The summed E-state index contributed by atoms with van der Waals surface area (Å²) < 4.78 is 14.3. The first-order valence-electron chi connectivity index (χ1n) is 9.88. The monoisotopic (exact) mass is 396 g/mol. The zero-order valence-corrected chi connectivity index (χ0v) is 17.0. The molecule has 0 atom stereocenters. The molecule has 1 amide bonds. The van der Waals surface area contributed by atoms with Gasteiger partial charge >= 0.3 is 0 Å². The fourth-order valence-electron chi connectivity index (χ4n) is 3.81. The van der Waals surface area contributed by atoms with Crippen LogP contribution in [0.2, 0.25) is 0 Å². The second kappa shape index (κ2) is 8.41. The maximum Gasteiger partial charge on any atom is 0.263 e. The van der Waals surface area contributed by atoms with Gasteiger partial charge in [0, 0.05) is 30.2 Å². The van der Waals surface area contributed by atoms with Crippen LogP contribution in [-0.2, 0) is 0 Å². The van der Waals surface area contributed by atoms with E-state index in [1.165, 1.54) is 42.7 Å². The molecule has 1 aromatic heterocycles. The molecule has 1 aliphatic rings. The van der Waals surface area contributed by atoms with Gasteiger partial charge in [-0.2, -0.15) is 0 Å². The summed E-state index contributed by atoms with van der Waals surface area (Å²) in [6.45, 7) is 3.98. The Morgan fingerprint density at radius 2 is 1.86 bits per heavy atom. The Morgan fingerprint density at radius 3 is 2.61 bits per heavy atom. The summed E-state index contributed by atoms with van der Waals surface area (Å²) in [5.74, 6) is -0.171. The minimum absolute atomic E-state index is 0.0725. The summed E-state index contributed by atoms with van der Waals surface area (Å²) in [5, 5.41) is 1.05. The highest BCUT2D eigenvalue weighted by Gasteiger charge is 2.18. The first kappa shape index (κ1) is 19.1. The summed E-state index contributed by atoms with van der Waals surface area (Å²) in [7, 11) is 1.89. The molecule has 2 heterocycles. The van der Waals surface area contributed by atoms with Crippen LogP contribution in [0.25, 0.3) is 21.2 Å². The standard InChI is InChI=1S/C23H25FN2OS/c1-25(14-15-26-12-3-2-4-13-26)23(27)22-16-20-19(6-5-7-21(20)28-22)17-8-10-18(24)11-9-17/h5-11,16H,2-4,12-15H2,1H3. The Morgan fingerprint density at radius 1 is 1.11 bits per heavy atom. The molecule has 1 aliphatic heterocycles. The Bertz CT molecular complexity index is 960. The molecule has 0 N–H and O–H groups in total. The molecule has 146 valence electrons. The minimum Gasteiger partial charge on any atom is -0.340 e. The number of carbonyl (C=O) groups is 1. The topological polar surface area (TPSA) is 23.6 Å². The zero-order valence-electron chi connectivity index (χ0n) is 16.2. The number of likely N-dealkylation sites (N-methyl/N-ethyl adjacent to an activating group) is 1. The average Bonchev–Trinajstić information content (AvgIpc) is 3.17. The third-order valence-electron chi connectivity index (χ3n) is 5.47. The summed E-state index contributed by atoms with van der Waals surface area (Å²) in [6.07, 6.45) is 3.85. The van der Waals surface area contributed by atoms with E-state index < -0.39 is 0 Å². The molecule has 1 saturated heterocycles. The zero-order chi connectivity index (χ0) is 19.5. The maximum absolute atomic E-state index is 13.3. The van der Waals surface area contributed by atoms with Gasteiger partial charge in [-0.1, -0.05) is 30.7 Å². The summed E-state index contributed by atoms with van der Waals surface area (Å²) in [5.41, 5.74) is 1.99. The van der Waals surface area contributed by atoms with E-state index in [-0.39, 0.29) is 11.7 Å². The first-order chi connectivity index (χ1) is 13.6. The number of hydrogen-bond acceptors (Lipinski definition) is 3. The van der Waals surface area contributed by atoms with Gasteiger partial charge in [0.25, 0.3) is 5.91 Å². The normalized spacial score (nSPS) is 15.1. The van der Waals surface area contributed by atoms with Crippen LogP contribution < -0.4 is 0 Å². The fraction of sp³-hybridized carbons (Fsp3) is 0.348. The summed E-state index contributed by atoms with van der Waals surface area (Å²) in [6, 6.07) is 14.6. The Kier molecular flexibility index (Phi) is 5.74. The minimum atomic E-state index is -0.243. The van der Waals surface area contributed by atoms with Crippen LogP contribution in [0.3, 0.4) is 0 Å². The van der Waals surface area contributed by atoms with E-state index in [9.17, 15) is 9.18 Å². The number of benzene rings is 2. The van der Waals surface area contributed by atoms with E-state index >= 15 is 0 Å². The van der Waals surface area contributed by atoms with Crippen LogP contribution in [0.4, 0.5) is 4.39 Å². The SMILES string of the molecule is CN(CCN1CCCCC1)C(=O)c1cc2c(-c3ccc(F)cc3)cccc2s1. The Balaban J connectivity index is 1.53. The van der Waals surface area contributed by atoms with Gasteiger partial charge in [-0.3, -0.25) is 4.79 Å². The van der Waals surface area contributed by atoms with Crippen molar-refractivity contribution >= 4 is 27.3 Å². The van der Waals surface area contributed by atoms with Gasteiger partial charge in [-0.05, 0) is 61.3 Å². The van der Waals surface area contributed by atoms with Crippen molar-refractivity contribution in [3.8, 4) is 11.1 Å². The predicted molar refractivity (Wildman–Crippen MR) is 114 cm³/mol. The van der Waals surface area contributed by atoms with Gasteiger partial charge in [0.15, 0.2) is 0 Å². The average molecular weight is 397 g/mol. The highest BCUT2D eigenvalue weighted by atomic mass is 32.1. The number of carbonyl (C=O) groups excluding carboxylic acids is 1. The molecule has 3 nitrogen and oxygen atoms in total. The number of nitrogens with zero attached hydrogens (tertiary/aromatic N) is 2. The third kappa shape index (κ3) is 4.10. The quantitative estimate of drug-likeness (QED) is 0.587. The van der Waals surface area contributed by atoms with Crippen LogP contribution in [0.1, 0.15) is 28.9 Å². The van der Waals surface area contributed by atoms with E-state index in [1.807, 2.05) is 36.2 Å². The molecule has 3 aromatic rings. The number of piperidine rings is 1. The van der Waals surface area contributed by atoms with Gasteiger partial charge < -0.3 is 9.80 Å². The molecule has 4 rings (SSSR count). The van der Waals surface area contributed by atoms with Crippen molar-refractivity contribution in [2.45, 2.75) is 19.3 Å². The van der Waals surface area contributed by atoms with Crippen LogP contribution in [0.15, 0.2) is 48.5 Å². The van der Waals surface area contributed by atoms with Crippen LogP contribution in [0, 0.1) is 5.82 Å². The van der Waals surface area contributed by atoms with Gasteiger partial charge in [-0.15, -0.1) is 11.3 Å². The molecule has 0 saturated carbocycles. The second-order valence-electron chi connectivity index (χ2n) is 7.46. The third-order valence-corrected chi connectivity index (χ3v) is 6.56. The number of fused-ring (bicyclic) bond motifs is 1. The highest BCUT2D eigenvalue weighted by Crippen LogP contribution is 2.34. The molecule has 5 heteroatoms. The Labute approximate surface area is 169 Å². The van der Waals surface area contributed by atoms with Gasteiger partial charge in [-0.25, -0.2) is 4.39 Å². The number of amides is 1. The number of rotatable bonds is 5. The van der Waals surface area contributed by atoms with Crippen molar-refractivity contribution in [1.82, 2.24) is 9.80 Å². The number of likely N-dealkylation sites (tertiary alicyclic amines) is 1. The highest BCUT2D eigenvalue weighted by molar-refractivity contribution is 7.20. The molecular weight excluding hydrogens is 371 g/mol. The molecular formula is C23H25FN2OS. The van der Waals surface area contributed by atoms with Crippen molar-refractivity contribution in [3.63, 3.8) is 0 Å².